The summed E-state index contributed by atoms with van der Waals surface area (Å²) >= 11 is 0. The Morgan fingerprint density at radius 1 is 1.40 bits per heavy atom. The third-order valence-electron chi connectivity index (χ3n) is 4.46. The van der Waals surface area contributed by atoms with Crippen LogP contribution in [0.25, 0.3) is 0 Å². The zero-order chi connectivity index (χ0) is 15.0. The lowest BCUT2D eigenvalue weighted by Crippen LogP contribution is -2.52. The van der Waals surface area contributed by atoms with E-state index in [2.05, 4.69) is 17.3 Å². The predicted molar refractivity (Wildman–Crippen MR) is 80.0 cm³/mol. The van der Waals surface area contributed by atoms with Crippen LogP contribution in [0.4, 0.5) is 0 Å². The Hall–Kier alpha value is -0.650. The van der Waals surface area contributed by atoms with Gasteiger partial charge in [-0.05, 0) is 52.2 Å². The lowest BCUT2D eigenvalue weighted by atomic mass is 9.90. The molecule has 0 aromatic rings. The van der Waals surface area contributed by atoms with Gasteiger partial charge in [0.2, 0.25) is 0 Å². The van der Waals surface area contributed by atoms with Crippen molar-refractivity contribution in [2.24, 2.45) is 0 Å². The summed E-state index contributed by atoms with van der Waals surface area (Å²) in [5, 5.41) is 12.6. The van der Waals surface area contributed by atoms with Crippen molar-refractivity contribution in [3.8, 4) is 0 Å². The largest absolute Gasteiger partial charge is 0.480 e. The van der Waals surface area contributed by atoms with Crippen LogP contribution in [-0.4, -0.2) is 60.9 Å². The Bertz CT molecular complexity index is 293. The van der Waals surface area contributed by atoms with Gasteiger partial charge in [-0.1, -0.05) is 13.8 Å². The van der Waals surface area contributed by atoms with E-state index in [4.69, 9.17) is 4.74 Å². The second kappa shape index (κ2) is 8.60. The molecule has 1 aliphatic rings. The summed E-state index contributed by atoms with van der Waals surface area (Å²) in [5.74, 6) is -0.726. The zero-order valence-corrected chi connectivity index (χ0v) is 13.2. The molecule has 20 heavy (non-hydrogen) atoms. The van der Waals surface area contributed by atoms with Crippen LogP contribution < -0.4 is 5.32 Å². The van der Waals surface area contributed by atoms with Gasteiger partial charge in [-0.15, -0.1) is 0 Å². The van der Waals surface area contributed by atoms with Crippen LogP contribution in [0.2, 0.25) is 0 Å². The molecule has 0 saturated carbocycles. The monoisotopic (exact) mass is 286 g/mol. The lowest BCUT2D eigenvalue weighted by molar-refractivity contribution is -0.145. The first-order chi connectivity index (χ1) is 9.55. The highest BCUT2D eigenvalue weighted by atomic mass is 16.5. The van der Waals surface area contributed by atoms with Gasteiger partial charge in [-0.25, -0.2) is 0 Å². The summed E-state index contributed by atoms with van der Waals surface area (Å²) in [4.78, 5) is 13.9. The molecule has 0 spiro atoms. The summed E-state index contributed by atoms with van der Waals surface area (Å²) < 4.78 is 5.38. The van der Waals surface area contributed by atoms with Gasteiger partial charge in [0.1, 0.15) is 5.54 Å². The maximum Gasteiger partial charge on any atom is 0.323 e. The van der Waals surface area contributed by atoms with E-state index < -0.39 is 11.5 Å². The average molecular weight is 286 g/mol. The molecule has 1 heterocycles. The molecule has 0 radical (unpaired) electrons. The van der Waals surface area contributed by atoms with Gasteiger partial charge in [0.05, 0.1) is 0 Å². The minimum atomic E-state index is -0.759. The number of nitrogens with zero attached hydrogens (tertiary/aromatic N) is 1. The SMILES string of the molecule is CCNC(CC)(CCCN(C)C1CCOCC1)C(=O)O. The summed E-state index contributed by atoms with van der Waals surface area (Å²) in [5.41, 5.74) is -0.759. The molecule has 5 nitrogen and oxygen atoms in total. The molecular formula is C15H30N2O3. The average Bonchev–Trinajstić information content (AvgIpc) is 2.46. The fourth-order valence-corrected chi connectivity index (χ4v) is 3.00. The lowest BCUT2D eigenvalue weighted by Gasteiger charge is -2.33. The van der Waals surface area contributed by atoms with E-state index in [-0.39, 0.29) is 0 Å². The molecule has 5 heteroatoms. The molecule has 0 amide bonds. The fourth-order valence-electron chi connectivity index (χ4n) is 3.00. The van der Waals surface area contributed by atoms with Crippen LogP contribution in [0.1, 0.15) is 46.0 Å². The van der Waals surface area contributed by atoms with Crippen molar-refractivity contribution < 1.29 is 14.6 Å². The third-order valence-corrected chi connectivity index (χ3v) is 4.46. The predicted octanol–water partition coefficient (Wildman–Crippen LogP) is 1.72. The molecule has 1 saturated heterocycles. The minimum absolute atomic E-state index is 0.587. The maximum absolute atomic E-state index is 11.5. The van der Waals surface area contributed by atoms with E-state index in [9.17, 15) is 9.90 Å². The van der Waals surface area contributed by atoms with Crippen molar-refractivity contribution in [1.82, 2.24) is 10.2 Å². The van der Waals surface area contributed by atoms with Crippen LogP contribution in [0.5, 0.6) is 0 Å². The van der Waals surface area contributed by atoms with E-state index in [0.29, 0.717) is 25.4 Å². The molecule has 1 atom stereocenters. The van der Waals surface area contributed by atoms with Gasteiger partial charge < -0.3 is 20.1 Å². The van der Waals surface area contributed by atoms with Crippen molar-refractivity contribution in [2.75, 3.05) is 33.4 Å². The topological polar surface area (TPSA) is 61.8 Å². The van der Waals surface area contributed by atoms with Crippen LogP contribution in [0, 0.1) is 0 Å². The van der Waals surface area contributed by atoms with E-state index in [1.165, 1.54) is 0 Å². The Balaban J connectivity index is 2.41. The van der Waals surface area contributed by atoms with Crippen molar-refractivity contribution in [3.05, 3.63) is 0 Å². The molecule has 0 aliphatic carbocycles. The Kier molecular flexibility index (Phi) is 7.48. The number of carboxylic acids is 1. The van der Waals surface area contributed by atoms with Crippen LogP contribution in [0.15, 0.2) is 0 Å². The van der Waals surface area contributed by atoms with Crippen LogP contribution in [-0.2, 0) is 9.53 Å². The summed E-state index contributed by atoms with van der Waals surface area (Å²) in [6.07, 6.45) is 4.38. The van der Waals surface area contributed by atoms with Gasteiger partial charge in [0, 0.05) is 19.3 Å². The second-order valence-electron chi connectivity index (χ2n) is 5.70. The van der Waals surface area contributed by atoms with Gasteiger partial charge >= 0.3 is 5.97 Å². The van der Waals surface area contributed by atoms with Crippen LogP contribution >= 0.6 is 0 Å². The Labute approximate surface area is 122 Å². The van der Waals surface area contributed by atoms with Gasteiger partial charge in [-0.2, -0.15) is 0 Å². The normalized spacial score (nSPS) is 20.0. The number of aliphatic carboxylic acids is 1. The van der Waals surface area contributed by atoms with Crippen molar-refractivity contribution >= 4 is 5.97 Å². The first-order valence-electron chi connectivity index (χ1n) is 7.82. The summed E-state index contributed by atoms with van der Waals surface area (Å²) in [6.45, 7) is 7.24. The highest BCUT2D eigenvalue weighted by Gasteiger charge is 2.35. The Morgan fingerprint density at radius 2 is 2.05 bits per heavy atom. The third kappa shape index (κ3) is 4.72. The molecule has 118 valence electrons. The second-order valence-corrected chi connectivity index (χ2v) is 5.70. The first kappa shape index (κ1) is 17.4. The first-order valence-corrected chi connectivity index (χ1v) is 7.82. The highest BCUT2D eigenvalue weighted by Crippen LogP contribution is 2.20. The summed E-state index contributed by atoms with van der Waals surface area (Å²) in [6, 6.07) is 0.587. The van der Waals surface area contributed by atoms with E-state index >= 15 is 0 Å². The number of carbonyl (C=O) groups is 1. The van der Waals surface area contributed by atoms with E-state index in [1.54, 1.807) is 0 Å². The smallest absolute Gasteiger partial charge is 0.323 e. The maximum atomic E-state index is 11.5. The van der Waals surface area contributed by atoms with Gasteiger partial charge in [0.15, 0.2) is 0 Å². The van der Waals surface area contributed by atoms with Gasteiger partial charge in [0.25, 0.3) is 0 Å². The molecule has 0 bridgehead atoms. The molecule has 0 aromatic carbocycles. The number of rotatable bonds is 9. The zero-order valence-electron chi connectivity index (χ0n) is 13.2. The number of carboxylic acid groups (broad SMARTS) is 1. The van der Waals surface area contributed by atoms with E-state index in [1.807, 2.05) is 13.8 Å². The molecule has 1 unspecified atom stereocenters. The molecule has 1 aliphatic heterocycles. The molecule has 1 fully saturated rings. The van der Waals surface area contributed by atoms with Crippen molar-refractivity contribution in [1.29, 1.82) is 0 Å². The molecule has 2 N–H and O–H groups in total. The van der Waals surface area contributed by atoms with Gasteiger partial charge in [-0.3, -0.25) is 4.79 Å². The number of hydrogen-bond acceptors (Lipinski definition) is 4. The molecule has 0 aromatic heterocycles. The molecular weight excluding hydrogens is 256 g/mol. The number of nitrogens with one attached hydrogen (secondary N) is 1. The van der Waals surface area contributed by atoms with Crippen molar-refractivity contribution in [3.63, 3.8) is 0 Å². The molecule has 1 rings (SSSR count). The number of ether oxygens (including phenoxy) is 1. The van der Waals surface area contributed by atoms with E-state index in [0.717, 1.165) is 39.0 Å². The highest BCUT2D eigenvalue weighted by molar-refractivity contribution is 5.78. The number of hydrogen-bond donors (Lipinski definition) is 2. The summed E-state index contributed by atoms with van der Waals surface area (Å²) in [7, 11) is 2.14. The minimum Gasteiger partial charge on any atom is -0.480 e. The fraction of sp³-hybridized carbons (Fsp3) is 0.933. The number of likely N-dealkylation sites (N-methyl/N-ethyl adjacent to an activating group) is 1. The Morgan fingerprint density at radius 3 is 2.55 bits per heavy atom. The standard InChI is InChI=1S/C15H30N2O3/c1-4-15(14(18)19,16-5-2)9-6-10-17(3)13-7-11-20-12-8-13/h13,16H,4-12H2,1-3H3,(H,18,19). The quantitative estimate of drug-likeness (QED) is 0.676. The van der Waals surface area contributed by atoms with Crippen molar-refractivity contribution in [2.45, 2.75) is 57.5 Å². The van der Waals surface area contributed by atoms with Crippen LogP contribution in [0.3, 0.4) is 0 Å².